The number of benzene rings is 9. The van der Waals surface area contributed by atoms with Crippen molar-refractivity contribution in [3.05, 3.63) is 350 Å². The first-order chi connectivity index (χ1) is 65.1. The Morgan fingerprint density at radius 1 is 0.296 bits per heavy atom. The molecule has 11 heterocycles. The highest BCUT2D eigenvalue weighted by molar-refractivity contribution is 6.34. The number of rotatable bonds is 14. The standard InChI is InChI=1S/C22H19N3O2.C21H16ClN3O2.C21H15F2N3O2.C21H16FN3O2.C20H22N4O2/c1-13-6-4-5-7-17(13)22(26)24-21-9-8-16(12-23-21)18-11-20-19(10-14(18)2)15(3)25-27-20;1-12-9-17-13(2)25-27-19(17)10-16(12)14-7-8-20(23-11-14)24-21(26)15-5-3-4-6-18(15)22;1-11-8-15-12(2)26-28-18(15)9-14(11)13-6-7-19(24-10-13)25-21(27)20-16(22)4-3-5-17(20)23;1-12-9-17-13(2)25-27-19(17)10-16(12)14-7-8-20(23-11-14)24-21(26)15-5-3-4-6-18(15)22;1-13-10-17-14(2)23-26-18(17)11-16(13)15-6-7-19(21-12-15)22-20(25)24-8-4-3-5-9-24/h4-12H,1-3H3,(H,23,24,26);3-11H,1-2H3,(H,23,24,26);3-10H,1-2H3,(H,24,25,27);3-11H,1-2H3,(H,23,24,26);6-7,10-12H,3-5,8-9H2,1-2H3,(H,21,22,25). The van der Waals surface area contributed by atoms with E-state index in [0.717, 1.165) is 199 Å². The lowest BCUT2D eigenvalue weighted by atomic mass is 10.00. The number of amides is 6. The van der Waals surface area contributed by atoms with Crippen molar-refractivity contribution in [1.82, 2.24) is 55.6 Å². The van der Waals surface area contributed by atoms with Gasteiger partial charge in [-0.2, -0.15) is 0 Å². The van der Waals surface area contributed by atoms with Crippen LogP contribution in [0.25, 0.3) is 110 Å². The average Bonchev–Trinajstić information content (AvgIpc) is 1.69. The second-order valence-electron chi connectivity index (χ2n) is 32.5. The molecular weight excluding hydrogens is 1740 g/mol. The van der Waals surface area contributed by atoms with Gasteiger partial charge < -0.3 is 48.8 Å². The highest BCUT2D eigenvalue weighted by Gasteiger charge is 2.24. The summed E-state index contributed by atoms with van der Waals surface area (Å²) in [5.74, 6) is -2.25. The van der Waals surface area contributed by atoms with E-state index in [9.17, 15) is 37.1 Å². The van der Waals surface area contributed by atoms with Crippen LogP contribution >= 0.6 is 11.6 Å². The predicted octanol–water partition coefficient (Wildman–Crippen LogP) is 24.9. The Bertz CT molecular complexity index is 7230. The minimum Gasteiger partial charge on any atom is -0.356 e. The number of aryl methyl sites for hydroxylation is 11. The molecule has 5 N–H and O–H groups in total. The number of nitrogens with one attached hydrogen (secondary N) is 5. The van der Waals surface area contributed by atoms with E-state index in [4.69, 9.17) is 34.2 Å². The molecule has 9 aromatic carbocycles. The molecule has 0 unspecified atom stereocenters. The van der Waals surface area contributed by atoms with Crippen molar-refractivity contribution in [3.8, 4) is 55.6 Å². The van der Waals surface area contributed by atoms with E-state index in [0.29, 0.717) is 50.6 Å². The minimum absolute atomic E-state index is 0.0228. The van der Waals surface area contributed by atoms with E-state index in [2.05, 4.69) is 109 Å². The first-order valence-electron chi connectivity index (χ1n) is 43.1. The summed E-state index contributed by atoms with van der Waals surface area (Å²) in [5, 5.41) is 38.9. The number of carbonyl (C=O) groups excluding carboxylic acids is 5. The zero-order valence-corrected chi connectivity index (χ0v) is 75.9. The maximum Gasteiger partial charge on any atom is 0.323 e. The van der Waals surface area contributed by atoms with Crippen molar-refractivity contribution in [2.45, 2.75) is 95.4 Å². The van der Waals surface area contributed by atoms with Crippen LogP contribution < -0.4 is 26.6 Å². The second kappa shape index (κ2) is 40.4. The first-order valence-corrected chi connectivity index (χ1v) is 43.5. The van der Waals surface area contributed by atoms with E-state index in [1.54, 1.807) is 97.7 Å². The molecule has 135 heavy (non-hydrogen) atoms. The summed E-state index contributed by atoms with van der Waals surface area (Å²) in [5.41, 5.74) is 24.3. The highest BCUT2D eigenvalue weighted by atomic mass is 35.5. The number of hydrogen-bond acceptors (Lipinski definition) is 20. The van der Waals surface area contributed by atoms with E-state index in [-0.39, 0.29) is 29.2 Å². The van der Waals surface area contributed by atoms with Gasteiger partial charge >= 0.3 is 6.03 Å². The number of aromatic nitrogens is 10. The fraction of sp³-hybridized carbons (Fsp3) is 0.152. The number of fused-ring (bicyclic) bond motifs is 5. The molecule has 26 nitrogen and oxygen atoms in total. The van der Waals surface area contributed by atoms with Crippen LogP contribution in [0.1, 0.15) is 123 Å². The largest absolute Gasteiger partial charge is 0.356 e. The monoisotopic (exact) mass is 1820 g/mol. The smallest absolute Gasteiger partial charge is 0.323 e. The van der Waals surface area contributed by atoms with E-state index >= 15 is 0 Å². The molecular formula is C105H88ClF3N16O10. The van der Waals surface area contributed by atoms with Crippen LogP contribution in [0.3, 0.4) is 0 Å². The molecule has 1 aliphatic rings. The molecule has 19 aromatic rings. The Kier molecular flexibility index (Phi) is 27.4. The molecule has 20 rings (SSSR count). The number of anilines is 5. The van der Waals surface area contributed by atoms with E-state index in [1.165, 1.54) is 30.7 Å². The van der Waals surface area contributed by atoms with Gasteiger partial charge in [-0.25, -0.2) is 42.9 Å². The normalized spacial score (nSPS) is 11.7. The van der Waals surface area contributed by atoms with Gasteiger partial charge in [0.05, 0.1) is 44.6 Å². The van der Waals surface area contributed by atoms with E-state index in [1.807, 2.05) is 158 Å². The van der Waals surface area contributed by atoms with Crippen LogP contribution in [0.15, 0.2) is 266 Å². The predicted molar refractivity (Wildman–Crippen MR) is 515 cm³/mol. The van der Waals surface area contributed by atoms with Crippen LogP contribution in [0.4, 0.5) is 47.1 Å². The number of nitrogens with zero attached hydrogens (tertiary/aromatic N) is 11. The number of halogens is 4. The fourth-order valence-electron chi connectivity index (χ4n) is 15.6. The molecule has 0 spiro atoms. The molecule has 6 amide bonds. The summed E-state index contributed by atoms with van der Waals surface area (Å²) in [6, 6.07) is 61.5. The van der Waals surface area contributed by atoms with Crippen LogP contribution in [-0.4, -0.2) is 98.4 Å². The Morgan fingerprint density at radius 2 is 0.578 bits per heavy atom. The van der Waals surface area contributed by atoms with Crippen molar-refractivity contribution in [1.29, 1.82) is 0 Å². The maximum atomic E-state index is 13.7. The van der Waals surface area contributed by atoms with Crippen LogP contribution in [-0.2, 0) is 0 Å². The lowest BCUT2D eigenvalue weighted by molar-refractivity contribution is 0.101. The summed E-state index contributed by atoms with van der Waals surface area (Å²) < 4.78 is 67.9. The summed E-state index contributed by atoms with van der Waals surface area (Å²) >= 11 is 6.06. The molecule has 30 heteroatoms. The number of pyridine rings is 5. The number of piperidine rings is 1. The van der Waals surface area contributed by atoms with Gasteiger partial charge in [-0.3, -0.25) is 24.5 Å². The Morgan fingerprint density at radius 3 is 0.896 bits per heavy atom. The molecule has 0 bridgehead atoms. The van der Waals surface area contributed by atoms with Gasteiger partial charge in [0.1, 0.15) is 52.1 Å². The van der Waals surface area contributed by atoms with Crippen molar-refractivity contribution in [2.75, 3.05) is 39.7 Å². The van der Waals surface area contributed by atoms with Gasteiger partial charge in [0, 0.05) is 104 Å². The van der Waals surface area contributed by atoms with Crippen molar-refractivity contribution in [3.63, 3.8) is 0 Å². The van der Waals surface area contributed by atoms with Gasteiger partial charge in [-0.05, 0) is 320 Å². The molecule has 0 aliphatic carbocycles. The van der Waals surface area contributed by atoms with Crippen LogP contribution in [0, 0.1) is 93.6 Å². The Balaban J connectivity index is 0.000000123. The molecule has 0 radical (unpaired) electrons. The molecule has 676 valence electrons. The van der Waals surface area contributed by atoms with Crippen LogP contribution in [0.2, 0.25) is 5.02 Å². The summed E-state index contributed by atoms with van der Waals surface area (Å²) in [6.07, 6.45) is 11.8. The zero-order valence-electron chi connectivity index (χ0n) is 75.1. The molecule has 1 saturated heterocycles. The quantitative estimate of drug-likeness (QED) is 0.0675. The Hall–Kier alpha value is -16.7. The third kappa shape index (κ3) is 20.9. The third-order valence-electron chi connectivity index (χ3n) is 23.0. The molecule has 10 aromatic heterocycles. The van der Waals surface area contributed by atoms with Gasteiger partial charge in [0.15, 0.2) is 27.9 Å². The zero-order chi connectivity index (χ0) is 94.8. The highest BCUT2D eigenvalue weighted by Crippen LogP contribution is 2.37. The van der Waals surface area contributed by atoms with Gasteiger partial charge in [0.2, 0.25) is 0 Å². The molecule has 0 saturated carbocycles. The maximum absolute atomic E-state index is 13.7. The average molecular weight is 1830 g/mol. The summed E-state index contributed by atoms with van der Waals surface area (Å²) in [4.78, 5) is 84.9. The summed E-state index contributed by atoms with van der Waals surface area (Å²) in [6.45, 7) is 23.2. The fourth-order valence-corrected chi connectivity index (χ4v) is 15.8. The van der Waals surface area contributed by atoms with Crippen molar-refractivity contribution >= 4 is 125 Å². The van der Waals surface area contributed by atoms with Gasteiger partial charge in [-0.15, -0.1) is 0 Å². The lowest BCUT2D eigenvalue weighted by Gasteiger charge is -2.26. The minimum atomic E-state index is -0.930. The van der Waals surface area contributed by atoms with E-state index < -0.39 is 34.8 Å². The first kappa shape index (κ1) is 91.6. The number of hydrogen-bond donors (Lipinski definition) is 5. The third-order valence-corrected chi connectivity index (χ3v) is 23.3. The molecule has 1 aliphatic heterocycles. The lowest BCUT2D eigenvalue weighted by Crippen LogP contribution is -2.38. The number of urea groups is 1. The van der Waals surface area contributed by atoms with Gasteiger partial charge in [0.25, 0.3) is 23.6 Å². The van der Waals surface area contributed by atoms with Gasteiger partial charge in [-0.1, -0.05) is 85.9 Å². The molecule has 0 atom stereocenters. The number of likely N-dealkylation sites (tertiary alicyclic amines) is 1. The SMILES string of the molecule is Cc1cc2c(C)noc2cc1-c1ccc(NC(=O)N2CCCCC2)nc1.Cc1cc2c(C)noc2cc1-c1ccc(NC(=O)c2c(F)cccc2F)nc1.Cc1cc2c(C)noc2cc1-c1ccc(NC(=O)c2ccccc2Cl)nc1.Cc1cc2c(C)noc2cc1-c1ccc(NC(=O)c2ccccc2F)nc1.Cc1ccccc1C(=O)Nc1ccc(-c2cc3onc(C)c3cc2C)cn1. The second-order valence-corrected chi connectivity index (χ2v) is 32.9. The number of carbonyl (C=O) groups is 5. The van der Waals surface area contributed by atoms with Crippen molar-refractivity contribution < 1.29 is 59.8 Å². The topological polar surface area (TPSA) is 343 Å². The Labute approximate surface area is 776 Å². The molecule has 1 fully saturated rings. The van der Waals surface area contributed by atoms with Crippen molar-refractivity contribution in [2.24, 2.45) is 0 Å². The van der Waals surface area contributed by atoms with Crippen LogP contribution in [0.5, 0.6) is 0 Å². The summed E-state index contributed by atoms with van der Waals surface area (Å²) in [7, 11) is 0.